The normalized spacial score (nSPS) is 13.3. The fraction of sp³-hybridized carbons (Fsp3) is 1.00. The minimum atomic E-state index is 0.641. The van der Waals surface area contributed by atoms with Crippen LogP contribution in [0.15, 0.2) is 0 Å². The summed E-state index contributed by atoms with van der Waals surface area (Å²) in [5.74, 6) is 0.764. The second-order valence-corrected chi connectivity index (χ2v) is 4.72. The number of nitrogens with one attached hydrogen (secondary N) is 1. The Morgan fingerprint density at radius 3 is 2.31 bits per heavy atom. The van der Waals surface area contributed by atoms with E-state index in [-0.39, 0.29) is 0 Å². The van der Waals surface area contributed by atoms with Gasteiger partial charge < -0.3 is 14.8 Å². The minimum Gasteiger partial charge on any atom is -0.385 e. The molecule has 1 atom stereocenters. The van der Waals surface area contributed by atoms with Crippen molar-refractivity contribution in [3.05, 3.63) is 0 Å². The fourth-order valence-electron chi connectivity index (χ4n) is 1.79. The van der Waals surface area contributed by atoms with Gasteiger partial charge in [0.15, 0.2) is 0 Å². The highest BCUT2D eigenvalue weighted by molar-refractivity contribution is 4.66. The molecule has 3 heteroatoms. The molecule has 98 valence electrons. The van der Waals surface area contributed by atoms with Crippen molar-refractivity contribution in [2.24, 2.45) is 5.92 Å². The summed E-state index contributed by atoms with van der Waals surface area (Å²) in [5, 5.41) is 3.37. The molecule has 1 N–H and O–H groups in total. The molecule has 0 aromatic carbocycles. The van der Waals surface area contributed by atoms with Crippen molar-refractivity contribution in [2.45, 2.75) is 45.6 Å². The van der Waals surface area contributed by atoms with Gasteiger partial charge in [-0.05, 0) is 38.6 Å². The van der Waals surface area contributed by atoms with Gasteiger partial charge in [0.2, 0.25) is 0 Å². The Kier molecular flexibility index (Phi) is 11.3. The van der Waals surface area contributed by atoms with Gasteiger partial charge in [-0.2, -0.15) is 0 Å². The molecule has 0 aliphatic heterocycles. The summed E-state index contributed by atoms with van der Waals surface area (Å²) in [6, 6.07) is 0.641. The highest BCUT2D eigenvalue weighted by Crippen LogP contribution is 2.09. The molecule has 0 aromatic rings. The Morgan fingerprint density at radius 1 is 1.06 bits per heavy atom. The molecule has 0 aliphatic rings. The second kappa shape index (κ2) is 11.4. The summed E-state index contributed by atoms with van der Waals surface area (Å²) in [6.45, 7) is 7.03. The summed E-state index contributed by atoms with van der Waals surface area (Å²) in [7, 11) is 3.77. The van der Waals surface area contributed by atoms with E-state index in [1.54, 1.807) is 7.11 Å². The van der Waals surface area contributed by atoms with Gasteiger partial charge in [-0.25, -0.2) is 0 Å². The van der Waals surface area contributed by atoms with Gasteiger partial charge in [0.25, 0.3) is 0 Å². The molecule has 0 radical (unpaired) electrons. The molecular formula is C13H29NO2. The molecule has 0 fully saturated rings. The standard InChI is InChI=1S/C13H29NO2/c1-12(2)11-13(14-3)7-5-9-16-10-6-8-15-4/h12-14H,5-11H2,1-4H3. The topological polar surface area (TPSA) is 30.5 Å². The van der Waals surface area contributed by atoms with Crippen molar-refractivity contribution in [2.75, 3.05) is 34.0 Å². The highest BCUT2D eigenvalue weighted by Gasteiger charge is 2.07. The minimum absolute atomic E-state index is 0.641. The molecular weight excluding hydrogens is 202 g/mol. The van der Waals surface area contributed by atoms with E-state index in [1.165, 1.54) is 12.8 Å². The maximum Gasteiger partial charge on any atom is 0.0487 e. The monoisotopic (exact) mass is 231 g/mol. The SMILES string of the molecule is CNC(CCCOCCCOC)CC(C)C. The maximum atomic E-state index is 5.53. The molecule has 1 unspecified atom stereocenters. The fourth-order valence-corrected chi connectivity index (χ4v) is 1.79. The molecule has 0 amide bonds. The summed E-state index contributed by atoms with van der Waals surface area (Å²) in [4.78, 5) is 0. The van der Waals surface area contributed by atoms with E-state index in [0.29, 0.717) is 6.04 Å². The zero-order valence-electron chi connectivity index (χ0n) is 11.4. The van der Waals surface area contributed by atoms with Crippen molar-refractivity contribution >= 4 is 0 Å². The lowest BCUT2D eigenvalue weighted by Gasteiger charge is -2.18. The predicted molar refractivity (Wildman–Crippen MR) is 68.8 cm³/mol. The summed E-state index contributed by atoms with van der Waals surface area (Å²) < 4.78 is 10.5. The van der Waals surface area contributed by atoms with Crippen molar-refractivity contribution in [1.29, 1.82) is 0 Å². The Hall–Kier alpha value is -0.120. The lowest BCUT2D eigenvalue weighted by Crippen LogP contribution is -2.27. The van der Waals surface area contributed by atoms with Crippen LogP contribution in [-0.4, -0.2) is 40.0 Å². The van der Waals surface area contributed by atoms with E-state index >= 15 is 0 Å². The van der Waals surface area contributed by atoms with Crippen molar-refractivity contribution in [3.8, 4) is 0 Å². The third-order valence-corrected chi connectivity index (χ3v) is 2.64. The molecule has 0 bridgehead atoms. The van der Waals surface area contributed by atoms with Crippen LogP contribution in [0.3, 0.4) is 0 Å². The van der Waals surface area contributed by atoms with Gasteiger partial charge in [-0.3, -0.25) is 0 Å². The molecule has 0 aliphatic carbocycles. The second-order valence-electron chi connectivity index (χ2n) is 4.72. The first-order chi connectivity index (χ1) is 7.70. The average molecular weight is 231 g/mol. The van der Waals surface area contributed by atoms with Crippen molar-refractivity contribution in [1.82, 2.24) is 5.32 Å². The lowest BCUT2D eigenvalue weighted by atomic mass is 10.0. The Balaban J connectivity index is 3.27. The van der Waals surface area contributed by atoms with Crippen LogP contribution in [0.2, 0.25) is 0 Å². The Labute approximate surface area is 101 Å². The van der Waals surface area contributed by atoms with Crippen LogP contribution in [-0.2, 0) is 9.47 Å². The van der Waals surface area contributed by atoms with Crippen LogP contribution in [0.1, 0.15) is 39.5 Å². The predicted octanol–water partition coefficient (Wildman–Crippen LogP) is 2.45. The number of methoxy groups -OCH3 is 1. The Morgan fingerprint density at radius 2 is 1.75 bits per heavy atom. The summed E-state index contributed by atoms with van der Waals surface area (Å²) >= 11 is 0. The first-order valence-corrected chi connectivity index (χ1v) is 6.44. The first kappa shape index (κ1) is 15.9. The van der Waals surface area contributed by atoms with E-state index in [4.69, 9.17) is 9.47 Å². The number of hydrogen-bond donors (Lipinski definition) is 1. The molecule has 16 heavy (non-hydrogen) atoms. The zero-order chi connectivity index (χ0) is 12.2. The average Bonchev–Trinajstić information content (AvgIpc) is 2.25. The maximum absolute atomic E-state index is 5.53. The van der Waals surface area contributed by atoms with Crippen LogP contribution in [0.4, 0.5) is 0 Å². The number of ether oxygens (including phenoxy) is 2. The largest absolute Gasteiger partial charge is 0.385 e. The van der Waals surface area contributed by atoms with Gasteiger partial charge in [-0.1, -0.05) is 13.8 Å². The van der Waals surface area contributed by atoms with Gasteiger partial charge in [-0.15, -0.1) is 0 Å². The number of rotatable bonds is 11. The van der Waals surface area contributed by atoms with Gasteiger partial charge in [0, 0.05) is 33.0 Å². The van der Waals surface area contributed by atoms with E-state index in [9.17, 15) is 0 Å². The molecule has 0 rings (SSSR count). The summed E-state index contributed by atoms with van der Waals surface area (Å²) in [5.41, 5.74) is 0. The molecule has 3 nitrogen and oxygen atoms in total. The van der Waals surface area contributed by atoms with Gasteiger partial charge in [0.05, 0.1) is 0 Å². The quantitative estimate of drug-likeness (QED) is 0.554. The molecule has 0 saturated heterocycles. The van der Waals surface area contributed by atoms with Crippen molar-refractivity contribution in [3.63, 3.8) is 0 Å². The van der Waals surface area contributed by atoms with Gasteiger partial charge in [0.1, 0.15) is 0 Å². The van der Waals surface area contributed by atoms with Crippen molar-refractivity contribution < 1.29 is 9.47 Å². The Bertz CT molecular complexity index is 140. The summed E-state index contributed by atoms with van der Waals surface area (Å²) in [6.07, 6.45) is 4.60. The van der Waals surface area contributed by atoms with Crippen LogP contribution >= 0.6 is 0 Å². The van der Waals surface area contributed by atoms with E-state index in [1.807, 2.05) is 7.05 Å². The van der Waals surface area contributed by atoms with E-state index < -0.39 is 0 Å². The van der Waals surface area contributed by atoms with Gasteiger partial charge >= 0.3 is 0 Å². The molecule has 0 heterocycles. The highest BCUT2D eigenvalue weighted by atomic mass is 16.5. The van der Waals surface area contributed by atoms with Crippen LogP contribution in [0.5, 0.6) is 0 Å². The lowest BCUT2D eigenvalue weighted by molar-refractivity contribution is 0.0987. The molecule has 0 aromatic heterocycles. The van der Waals surface area contributed by atoms with E-state index in [0.717, 1.165) is 38.6 Å². The first-order valence-electron chi connectivity index (χ1n) is 6.44. The van der Waals surface area contributed by atoms with E-state index in [2.05, 4.69) is 19.2 Å². The molecule has 0 saturated carbocycles. The zero-order valence-corrected chi connectivity index (χ0v) is 11.4. The third kappa shape index (κ3) is 10.4. The smallest absolute Gasteiger partial charge is 0.0487 e. The number of hydrogen-bond acceptors (Lipinski definition) is 3. The van der Waals surface area contributed by atoms with Crippen LogP contribution in [0.25, 0.3) is 0 Å². The van der Waals surface area contributed by atoms with Crippen LogP contribution < -0.4 is 5.32 Å². The molecule has 0 spiro atoms. The van der Waals surface area contributed by atoms with Crippen LogP contribution in [0, 0.1) is 5.92 Å². The third-order valence-electron chi connectivity index (χ3n) is 2.64.